The van der Waals surface area contributed by atoms with Gasteiger partial charge >= 0.3 is 0 Å². The van der Waals surface area contributed by atoms with Gasteiger partial charge in [-0.25, -0.2) is 0 Å². The Labute approximate surface area is 152 Å². The van der Waals surface area contributed by atoms with Gasteiger partial charge < -0.3 is 9.64 Å². The van der Waals surface area contributed by atoms with Gasteiger partial charge in [-0.15, -0.1) is 0 Å². The molecule has 0 N–H and O–H groups in total. The zero-order chi connectivity index (χ0) is 17.6. The molecule has 0 saturated carbocycles. The third kappa shape index (κ3) is 4.62. The van der Waals surface area contributed by atoms with Gasteiger partial charge in [0, 0.05) is 18.2 Å². The van der Waals surface area contributed by atoms with Crippen LogP contribution in [0.15, 0.2) is 48.5 Å². The minimum atomic E-state index is 0.503. The molecule has 3 nitrogen and oxygen atoms in total. The van der Waals surface area contributed by atoms with Crippen molar-refractivity contribution < 1.29 is 4.74 Å². The van der Waals surface area contributed by atoms with Gasteiger partial charge in [-0.1, -0.05) is 42.5 Å². The Bertz CT molecular complexity index is 660. The Morgan fingerprint density at radius 2 is 1.68 bits per heavy atom. The number of likely N-dealkylation sites (N-methyl/N-ethyl adjacent to an activating group) is 1. The normalized spacial score (nSPS) is 16.3. The van der Waals surface area contributed by atoms with E-state index in [1.54, 1.807) is 0 Å². The molecule has 0 spiro atoms. The molecular formula is C22H30N2O. The fourth-order valence-electron chi connectivity index (χ4n) is 3.45. The number of hydrogen-bond donors (Lipinski definition) is 0. The van der Waals surface area contributed by atoms with Crippen LogP contribution < -0.4 is 4.74 Å². The zero-order valence-electron chi connectivity index (χ0n) is 15.7. The maximum Gasteiger partial charge on any atom is 0.127 e. The highest BCUT2D eigenvalue weighted by Gasteiger charge is 2.19. The van der Waals surface area contributed by atoms with E-state index in [1.165, 1.54) is 42.6 Å². The van der Waals surface area contributed by atoms with Gasteiger partial charge in [-0.2, -0.15) is 0 Å². The van der Waals surface area contributed by atoms with E-state index in [4.69, 9.17) is 4.74 Å². The molecule has 2 aromatic rings. The molecule has 0 radical (unpaired) electrons. The molecule has 1 aliphatic rings. The molecule has 0 aliphatic carbocycles. The average Bonchev–Trinajstić information content (AvgIpc) is 3.16. The van der Waals surface area contributed by atoms with Crippen molar-refractivity contribution in [1.82, 2.24) is 9.80 Å². The van der Waals surface area contributed by atoms with Gasteiger partial charge in [-0.3, -0.25) is 4.90 Å². The number of likely N-dealkylation sites (tertiary alicyclic amines) is 1. The summed E-state index contributed by atoms with van der Waals surface area (Å²) in [6.07, 6.45) is 2.67. The Morgan fingerprint density at radius 1 is 1.00 bits per heavy atom. The zero-order valence-corrected chi connectivity index (χ0v) is 15.7. The molecule has 3 heteroatoms. The largest absolute Gasteiger partial charge is 0.492 e. The SMILES string of the molecule is CC(c1ccc(-c2ccccc2OCCN(C)C)cc1)N1CCCC1. The van der Waals surface area contributed by atoms with Crippen molar-refractivity contribution in [1.29, 1.82) is 0 Å². The van der Waals surface area contributed by atoms with Crippen LogP contribution in [-0.2, 0) is 0 Å². The van der Waals surface area contributed by atoms with Gasteiger partial charge in [0.15, 0.2) is 0 Å². The monoisotopic (exact) mass is 338 g/mol. The van der Waals surface area contributed by atoms with Crippen LogP contribution in [0.4, 0.5) is 0 Å². The smallest absolute Gasteiger partial charge is 0.127 e. The first-order valence-corrected chi connectivity index (χ1v) is 9.36. The second kappa shape index (κ2) is 8.50. The average molecular weight is 338 g/mol. The second-order valence-electron chi connectivity index (χ2n) is 7.19. The van der Waals surface area contributed by atoms with E-state index >= 15 is 0 Å². The quantitative estimate of drug-likeness (QED) is 0.742. The summed E-state index contributed by atoms with van der Waals surface area (Å²) in [6, 6.07) is 17.8. The van der Waals surface area contributed by atoms with E-state index in [1.807, 2.05) is 6.07 Å². The van der Waals surface area contributed by atoms with Gasteiger partial charge in [-0.05, 0) is 64.1 Å². The number of nitrogens with zero attached hydrogens (tertiary/aromatic N) is 2. The van der Waals surface area contributed by atoms with Gasteiger partial charge in [0.05, 0.1) is 0 Å². The summed E-state index contributed by atoms with van der Waals surface area (Å²) >= 11 is 0. The van der Waals surface area contributed by atoms with Crippen LogP contribution in [0.1, 0.15) is 31.4 Å². The van der Waals surface area contributed by atoms with Crippen molar-refractivity contribution in [2.24, 2.45) is 0 Å². The van der Waals surface area contributed by atoms with Crippen LogP contribution in [-0.4, -0.2) is 50.1 Å². The van der Waals surface area contributed by atoms with Crippen molar-refractivity contribution in [2.75, 3.05) is 40.3 Å². The Kier molecular flexibility index (Phi) is 6.11. The Balaban J connectivity index is 1.73. The molecule has 1 aliphatic heterocycles. The maximum atomic E-state index is 6.01. The van der Waals surface area contributed by atoms with Gasteiger partial charge in [0.25, 0.3) is 0 Å². The minimum Gasteiger partial charge on any atom is -0.492 e. The van der Waals surface area contributed by atoms with E-state index in [0.717, 1.165) is 12.3 Å². The number of ether oxygens (including phenoxy) is 1. The molecule has 1 saturated heterocycles. The van der Waals surface area contributed by atoms with E-state index in [-0.39, 0.29) is 0 Å². The third-order valence-electron chi connectivity index (χ3n) is 5.08. The summed E-state index contributed by atoms with van der Waals surface area (Å²) in [4.78, 5) is 4.71. The lowest BCUT2D eigenvalue weighted by Gasteiger charge is -2.24. The molecule has 0 bridgehead atoms. The van der Waals surface area contributed by atoms with Crippen molar-refractivity contribution in [3.63, 3.8) is 0 Å². The van der Waals surface area contributed by atoms with Crippen molar-refractivity contribution in [2.45, 2.75) is 25.8 Å². The van der Waals surface area contributed by atoms with E-state index in [0.29, 0.717) is 12.6 Å². The van der Waals surface area contributed by atoms with Crippen LogP contribution in [0.2, 0.25) is 0 Å². The summed E-state index contributed by atoms with van der Waals surface area (Å²) < 4.78 is 6.01. The van der Waals surface area contributed by atoms with Crippen molar-refractivity contribution in [3.05, 3.63) is 54.1 Å². The first kappa shape index (κ1) is 18.0. The molecule has 2 aromatic carbocycles. The number of rotatable bonds is 7. The molecule has 0 aromatic heterocycles. The van der Waals surface area contributed by atoms with Crippen LogP contribution in [0, 0.1) is 0 Å². The molecule has 0 amide bonds. The summed E-state index contributed by atoms with van der Waals surface area (Å²) in [5.74, 6) is 0.963. The lowest BCUT2D eigenvalue weighted by atomic mass is 10.00. The van der Waals surface area contributed by atoms with Crippen LogP contribution >= 0.6 is 0 Å². The first-order chi connectivity index (χ1) is 12.1. The molecule has 134 valence electrons. The molecular weight excluding hydrogens is 308 g/mol. The molecule has 3 rings (SSSR count). The summed E-state index contributed by atoms with van der Waals surface area (Å²) in [7, 11) is 4.13. The summed E-state index contributed by atoms with van der Waals surface area (Å²) in [6.45, 7) is 6.39. The molecule has 1 heterocycles. The van der Waals surface area contributed by atoms with Gasteiger partial charge in [0.1, 0.15) is 12.4 Å². The second-order valence-corrected chi connectivity index (χ2v) is 7.19. The highest BCUT2D eigenvalue weighted by Crippen LogP contribution is 2.32. The summed E-state index contributed by atoms with van der Waals surface area (Å²) in [5, 5.41) is 0. The fraction of sp³-hybridized carbons (Fsp3) is 0.455. The number of para-hydroxylation sites is 1. The fourth-order valence-corrected chi connectivity index (χ4v) is 3.45. The lowest BCUT2D eigenvalue weighted by molar-refractivity contribution is 0.262. The predicted octanol–water partition coefficient (Wildman–Crippen LogP) is 4.45. The van der Waals surface area contributed by atoms with E-state index < -0.39 is 0 Å². The molecule has 1 unspecified atom stereocenters. The minimum absolute atomic E-state index is 0.503. The van der Waals surface area contributed by atoms with Crippen LogP contribution in [0.5, 0.6) is 5.75 Å². The van der Waals surface area contributed by atoms with Crippen LogP contribution in [0.3, 0.4) is 0 Å². The lowest BCUT2D eigenvalue weighted by Crippen LogP contribution is -2.23. The predicted molar refractivity (Wildman–Crippen MR) is 105 cm³/mol. The standard InChI is InChI=1S/C22H30N2O/c1-18(24-14-6-7-15-24)19-10-12-20(13-11-19)21-8-4-5-9-22(21)25-17-16-23(2)3/h4-5,8-13,18H,6-7,14-17H2,1-3H3. The Morgan fingerprint density at radius 3 is 2.36 bits per heavy atom. The van der Waals surface area contributed by atoms with Crippen LogP contribution in [0.25, 0.3) is 11.1 Å². The molecule has 25 heavy (non-hydrogen) atoms. The first-order valence-electron chi connectivity index (χ1n) is 9.36. The highest BCUT2D eigenvalue weighted by atomic mass is 16.5. The third-order valence-corrected chi connectivity index (χ3v) is 5.08. The van der Waals surface area contributed by atoms with E-state index in [2.05, 4.69) is 73.3 Å². The van der Waals surface area contributed by atoms with Gasteiger partial charge in [0.2, 0.25) is 0 Å². The number of hydrogen-bond acceptors (Lipinski definition) is 3. The number of benzene rings is 2. The summed E-state index contributed by atoms with van der Waals surface area (Å²) in [5.41, 5.74) is 3.79. The van der Waals surface area contributed by atoms with Crippen molar-refractivity contribution >= 4 is 0 Å². The highest BCUT2D eigenvalue weighted by molar-refractivity contribution is 5.70. The maximum absolute atomic E-state index is 6.01. The van der Waals surface area contributed by atoms with Crippen molar-refractivity contribution in [3.8, 4) is 16.9 Å². The van der Waals surface area contributed by atoms with E-state index in [9.17, 15) is 0 Å². The molecule has 1 fully saturated rings. The topological polar surface area (TPSA) is 15.7 Å². The molecule has 1 atom stereocenters. The Hall–Kier alpha value is -1.84.